The van der Waals surface area contributed by atoms with Crippen molar-refractivity contribution >= 4 is 55.1 Å². The fourth-order valence-electron chi connectivity index (χ4n) is 4.82. The van der Waals surface area contributed by atoms with Gasteiger partial charge in [0, 0.05) is 34.6 Å². The standard InChI is InChI=1S/C28H16N6O6/c29-11-15-19-13-5-1-3-7-17(13)39-27(37)21(19)25(35)33-23(15)31-9-10-32-24-16(12-30)20-14-6-2-4-8-18(14)40-28(38)22(20)26(36)34-24/h1-8H,9-10H2,(H2,31,33,35)(H2,32,34,36). The van der Waals surface area contributed by atoms with Crippen LogP contribution in [-0.2, 0) is 0 Å². The molecule has 2 aromatic carbocycles. The first-order chi connectivity index (χ1) is 19.4. The van der Waals surface area contributed by atoms with Gasteiger partial charge < -0.3 is 29.4 Å². The number of nitrogens with one attached hydrogen (secondary N) is 4. The van der Waals surface area contributed by atoms with E-state index in [1.54, 1.807) is 48.5 Å². The smallest absolute Gasteiger partial charge is 0.349 e. The van der Waals surface area contributed by atoms with Gasteiger partial charge in [-0.3, -0.25) is 9.59 Å². The van der Waals surface area contributed by atoms with Crippen LogP contribution in [0.5, 0.6) is 0 Å². The van der Waals surface area contributed by atoms with Gasteiger partial charge in [0.2, 0.25) is 0 Å². The van der Waals surface area contributed by atoms with E-state index in [-0.39, 0.29) is 68.6 Å². The summed E-state index contributed by atoms with van der Waals surface area (Å²) in [5.74, 6) is 0.183. The summed E-state index contributed by atoms with van der Waals surface area (Å²) in [6, 6.07) is 17.3. The van der Waals surface area contributed by atoms with E-state index in [0.717, 1.165) is 0 Å². The lowest BCUT2D eigenvalue weighted by Gasteiger charge is -2.13. The predicted octanol–water partition coefficient (Wildman–Crippen LogP) is 2.85. The number of nitriles is 2. The summed E-state index contributed by atoms with van der Waals surface area (Å²) in [4.78, 5) is 55.6. The van der Waals surface area contributed by atoms with Crippen LogP contribution >= 0.6 is 0 Å². The molecule has 0 aliphatic rings. The number of aromatic amines is 2. The number of rotatable bonds is 5. The minimum absolute atomic E-state index is 0.0497. The molecule has 6 rings (SSSR count). The van der Waals surface area contributed by atoms with Crippen LogP contribution in [0.25, 0.3) is 43.5 Å². The van der Waals surface area contributed by atoms with E-state index in [1.165, 1.54) is 0 Å². The van der Waals surface area contributed by atoms with Gasteiger partial charge in [-0.15, -0.1) is 0 Å². The van der Waals surface area contributed by atoms with Gasteiger partial charge in [-0.2, -0.15) is 10.5 Å². The second-order valence-electron chi connectivity index (χ2n) is 8.76. The van der Waals surface area contributed by atoms with Crippen LogP contribution < -0.4 is 33.0 Å². The normalized spacial score (nSPS) is 11.1. The highest BCUT2D eigenvalue weighted by Crippen LogP contribution is 2.28. The number of fused-ring (bicyclic) bond motifs is 6. The molecule has 0 atom stereocenters. The Hall–Kier alpha value is -6.14. The summed E-state index contributed by atoms with van der Waals surface area (Å²) in [5, 5.41) is 26.5. The summed E-state index contributed by atoms with van der Waals surface area (Å²) in [5.41, 5.74) is -2.58. The van der Waals surface area contributed by atoms with Crippen LogP contribution in [-0.4, -0.2) is 23.1 Å². The van der Waals surface area contributed by atoms with Gasteiger partial charge in [0.05, 0.1) is 0 Å². The zero-order valence-corrected chi connectivity index (χ0v) is 20.4. The van der Waals surface area contributed by atoms with E-state index in [1.807, 2.05) is 12.1 Å². The molecule has 0 fully saturated rings. The van der Waals surface area contributed by atoms with Gasteiger partial charge in [-0.1, -0.05) is 36.4 Å². The zero-order chi connectivity index (χ0) is 28.0. The van der Waals surface area contributed by atoms with Crippen LogP contribution in [0.1, 0.15) is 11.1 Å². The van der Waals surface area contributed by atoms with Gasteiger partial charge in [-0.05, 0) is 12.1 Å². The number of hydrogen-bond donors (Lipinski definition) is 4. The number of nitrogens with zero attached hydrogens (tertiary/aromatic N) is 2. The maximum atomic E-state index is 12.8. The molecule has 194 valence electrons. The minimum atomic E-state index is -0.856. The number of pyridine rings is 2. The third kappa shape index (κ3) is 3.68. The Morgan fingerprint density at radius 1 is 0.625 bits per heavy atom. The van der Waals surface area contributed by atoms with Crippen molar-refractivity contribution in [2.24, 2.45) is 0 Å². The average molecular weight is 532 g/mol. The lowest BCUT2D eigenvalue weighted by atomic mass is 10.0. The lowest BCUT2D eigenvalue weighted by molar-refractivity contribution is 0.568. The molecule has 4 N–H and O–H groups in total. The van der Waals surface area contributed by atoms with Crippen molar-refractivity contribution in [3.63, 3.8) is 0 Å². The van der Waals surface area contributed by atoms with E-state index < -0.39 is 22.4 Å². The zero-order valence-electron chi connectivity index (χ0n) is 20.4. The van der Waals surface area contributed by atoms with E-state index >= 15 is 0 Å². The Morgan fingerprint density at radius 2 is 1.02 bits per heavy atom. The maximum Gasteiger partial charge on any atom is 0.349 e. The molecular weight excluding hydrogens is 516 g/mol. The second kappa shape index (κ2) is 9.31. The van der Waals surface area contributed by atoms with E-state index in [0.29, 0.717) is 10.8 Å². The van der Waals surface area contributed by atoms with Gasteiger partial charge >= 0.3 is 11.3 Å². The number of H-pyrrole nitrogens is 2. The van der Waals surface area contributed by atoms with Crippen molar-refractivity contribution in [3.05, 3.63) is 101 Å². The second-order valence-corrected chi connectivity index (χ2v) is 8.76. The molecular formula is C28H16N6O6. The van der Waals surface area contributed by atoms with Crippen molar-refractivity contribution in [3.8, 4) is 12.1 Å². The number of anilines is 2. The quantitative estimate of drug-likeness (QED) is 0.145. The van der Waals surface area contributed by atoms with Crippen LogP contribution in [0.3, 0.4) is 0 Å². The predicted molar refractivity (Wildman–Crippen MR) is 148 cm³/mol. The summed E-state index contributed by atoms with van der Waals surface area (Å²) in [6.07, 6.45) is 0. The molecule has 12 heteroatoms. The highest BCUT2D eigenvalue weighted by atomic mass is 16.4. The van der Waals surface area contributed by atoms with Crippen LogP contribution in [0, 0.1) is 22.7 Å². The molecule has 0 radical (unpaired) electrons. The molecule has 0 amide bonds. The van der Waals surface area contributed by atoms with Crippen LogP contribution in [0.2, 0.25) is 0 Å². The van der Waals surface area contributed by atoms with Crippen LogP contribution in [0.4, 0.5) is 11.6 Å². The molecule has 0 aliphatic heterocycles. The Labute approximate surface area is 221 Å². The molecule has 4 heterocycles. The third-order valence-corrected chi connectivity index (χ3v) is 6.51. The minimum Gasteiger partial charge on any atom is -0.422 e. The molecule has 4 aromatic heterocycles. The molecule has 0 unspecified atom stereocenters. The van der Waals surface area contributed by atoms with Gasteiger partial charge in [-0.25, -0.2) is 9.59 Å². The largest absolute Gasteiger partial charge is 0.422 e. The van der Waals surface area contributed by atoms with Crippen molar-refractivity contribution in [2.75, 3.05) is 23.7 Å². The van der Waals surface area contributed by atoms with Crippen molar-refractivity contribution in [1.82, 2.24) is 9.97 Å². The molecule has 0 bridgehead atoms. The fourth-order valence-corrected chi connectivity index (χ4v) is 4.82. The Bertz CT molecular complexity index is 2180. The number of hydrogen-bond acceptors (Lipinski definition) is 10. The van der Waals surface area contributed by atoms with Crippen LogP contribution in [0.15, 0.2) is 76.5 Å². The molecule has 0 saturated heterocycles. The molecule has 40 heavy (non-hydrogen) atoms. The monoisotopic (exact) mass is 532 g/mol. The first kappa shape index (κ1) is 24.2. The highest BCUT2D eigenvalue weighted by Gasteiger charge is 2.20. The van der Waals surface area contributed by atoms with Gasteiger partial charge in [0.25, 0.3) is 11.1 Å². The molecule has 12 nitrogen and oxygen atoms in total. The Balaban J connectivity index is 1.36. The SMILES string of the molecule is N#Cc1c(NCCNc2[nH]c(=O)c3c(=O)oc4ccccc4c3c2C#N)[nH]c(=O)c2c(=O)oc3ccccc3c12. The van der Waals surface area contributed by atoms with Gasteiger partial charge in [0.1, 0.15) is 56.8 Å². The molecule has 0 aliphatic carbocycles. The highest BCUT2D eigenvalue weighted by molar-refractivity contribution is 6.09. The molecule has 0 saturated carbocycles. The number of aromatic nitrogens is 2. The van der Waals surface area contributed by atoms with E-state index in [2.05, 4.69) is 20.6 Å². The van der Waals surface area contributed by atoms with Crippen molar-refractivity contribution in [1.29, 1.82) is 10.5 Å². The van der Waals surface area contributed by atoms with Crippen molar-refractivity contribution in [2.45, 2.75) is 0 Å². The molecule has 6 aromatic rings. The third-order valence-electron chi connectivity index (χ3n) is 6.51. The maximum absolute atomic E-state index is 12.8. The lowest BCUT2D eigenvalue weighted by Crippen LogP contribution is -2.23. The van der Waals surface area contributed by atoms with Crippen molar-refractivity contribution < 1.29 is 8.83 Å². The fraction of sp³-hybridized carbons (Fsp3) is 0.0714. The topological polar surface area (TPSA) is 198 Å². The van der Waals surface area contributed by atoms with E-state index in [9.17, 15) is 29.7 Å². The first-order valence-electron chi connectivity index (χ1n) is 11.9. The number of para-hydroxylation sites is 2. The first-order valence-corrected chi connectivity index (χ1v) is 11.9. The summed E-state index contributed by atoms with van der Waals surface area (Å²) in [6.45, 7) is 0.246. The summed E-state index contributed by atoms with van der Waals surface area (Å²) >= 11 is 0. The summed E-state index contributed by atoms with van der Waals surface area (Å²) < 4.78 is 10.5. The molecule has 0 spiro atoms. The Morgan fingerprint density at radius 3 is 1.43 bits per heavy atom. The summed E-state index contributed by atoms with van der Waals surface area (Å²) in [7, 11) is 0. The average Bonchev–Trinajstić information content (AvgIpc) is 2.95. The van der Waals surface area contributed by atoms with E-state index in [4.69, 9.17) is 8.83 Å². The Kier molecular flexibility index (Phi) is 5.63. The number of benzene rings is 2. The van der Waals surface area contributed by atoms with Gasteiger partial charge in [0.15, 0.2) is 0 Å².